The van der Waals surface area contributed by atoms with Crippen molar-refractivity contribution in [2.24, 2.45) is 11.8 Å². The predicted molar refractivity (Wildman–Crippen MR) is 65.7 cm³/mol. The highest BCUT2D eigenvalue weighted by molar-refractivity contribution is 5.80. The standard InChI is InChI=1S/C15H18O2/c1-9(16)14-12-8-4-7-10(12)11-5-2-3-6-13(11)15(14)17/h2-3,5-6,10,12,14-15,17H,4,7-8H2,1H3/t10-,12+,14-,15+/m1/s1. The molecule has 1 saturated carbocycles. The first-order valence-electron chi connectivity index (χ1n) is 6.47. The third-order valence-corrected chi connectivity index (χ3v) is 4.55. The number of Topliss-reactive ketones (excluding diaryl/α,β-unsaturated/α-hetero) is 1. The number of hydrogen-bond donors (Lipinski definition) is 1. The van der Waals surface area contributed by atoms with Gasteiger partial charge in [0.2, 0.25) is 0 Å². The SMILES string of the molecule is CC(=O)[C@@H]1[C@H]2CCC[C@@H]2c2ccccc2[C@@H]1O. The van der Waals surface area contributed by atoms with Gasteiger partial charge >= 0.3 is 0 Å². The van der Waals surface area contributed by atoms with Crippen LogP contribution in [0.4, 0.5) is 0 Å². The zero-order chi connectivity index (χ0) is 12.0. The van der Waals surface area contributed by atoms with E-state index in [9.17, 15) is 9.90 Å². The van der Waals surface area contributed by atoms with Crippen LogP contribution < -0.4 is 0 Å². The molecule has 0 spiro atoms. The van der Waals surface area contributed by atoms with Gasteiger partial charge in [0.1, 0.15) is 5.78 Å². The molecule has 0 radical (unpaired) electrons. The third-order valence-electron chi connectivity index (χ3n) is 4.55. The van der Waals surface area contributed by atoms with Gasteiger partial charge in [-0.3, -0.25) is 4.79 Å². The van der Waals surface area contributed by atoms with Crippen LogP contribution >= 0.6 is 0 Å². The summed E-state index contributed by atoms with van der Waals surface area (Å²) in [6, 6.07) is 8.09. The van der Waals surface area contributed by atoms with Crippen LogP contribution in [0.15, 0.2) is 24.3 Å². The van der Waals surface area contributed by atoms with Gasteiger partial charge in [0.05, 0.1) is 12.0 Å². The Kier molecular flexibility index (Phi) is 2.55. The lowest BCUT2D eigenvalue weighted by molar-refractivity contribution is -0.127. The number of carbonyl (C=O) groups is 1. The minimum atomic E-state index is -0.594. The Balaban J connectivity index is 2.12. The quantitative estimate of drug-likeness (QED) is 0.805. The molecule has 0 amide bonds. The summed E-state index contributed by atoms with van der Waals surface area (Å²) in [7, 11) is 0. The molecule has 0 saturated heterocycles. The van der Waals surface area contributed by atoms with Crippen molar-refractivity contribution < 1.29 is 9.90 Å². The molecule has 2 aliphatic rings. The van der Waals surface area contributed by atoms with E-state index >= 15 is 0 Å². The molecule has 1 aromatic carbocycles. The molecule has 0 bridgehead atoms. The summed E-state index contributed by atoms with van der Waals surface area (Å²) in [6.45, 7) is 1.62. The molecule has 0 unspecified atom stereocenters. The number of carbonyl (C=O) groups excluding carboxylic acids is 1. The van der Waals surface area contributed by atoms with Gasteiger partial charge in [-0.15, -0.1) is 0 Å². The smallest absolute Gasteiger partial charge is 0.136 e. The van der Waals surface area contributed by atoms with Crippen molar-refractivity contribution in [1.82, 2.24) is 0 Å². The first kappa shape index (κ1) is 11.0. The van der Waals surface area contributed by atoms with Gasteiger partial charge in [0, 0.05) is 0 Å². The minimum absolute atomic E-state index is 0.143. The highest BCUT2D eigenvalue weighted by atomic mass is 16.3. The van der Waals surface area contributed by atoms with Gasteiger partial charge in [-0.25, -0.2) is 0 Å². The molecule has 2 aliphatic carbocycles. The summed E-state index contributed by atoms with van der Waals surface area (Å²) in [5, 5.41) is 10.4. The Morgan fingerprint density at radius 1 is 1.24 bits per heavy atom. The van der Waals surface area contributed by atoms with Crippen molar-refractivity contribution in [3.63, 3.8) is 0 Å². The summed E-state index contributed by atoms with van der Waals surface area (Å²) < 4.78 is 0. The maximum absolute atomic E-state index is 11.8. The Morgan fingerprint density at radius 2 is 1.94 bits per heavy atom. The van der Waals surface area contributed by atoms with Crippen LogP contribution in [0.2, 0.25) is 0 Å². The third kappa shape index (κ3) is 1.54. The molecule has 0 aromatic heterocycles. The van der Waals surface area contributed by atoms with Crippen molar-refractivity contribution in [2.45, 2.75) is 38.2 Å². The van der Waals surface area contributed by atoms with E-state index in [0.29, 0.717) is 11.8 Å². The van der Waals surface area contributed by atoms with Crippen molar-refractivity contribution in [3.05, 3.63) is 35.4 Å². The molecular weight excluding hydrogens is 212 g/mol. The molecule has 3 rings (SSSR count). The summed E-state index contributed by atoms with van der Waals surface area (Å²) in [5.41, 5.74) is 2.26. The van der Waals surface area contributed by atoms with E-state index in [1.807, 2.05) is 18.2 Å². The number of fused-ring (bicyclic) bond motifs is 3. The Labute approximate surface area is 102 Å². The molecule has 1 aromatic rings. The number of benzene rings is 1. The number of aliphatic hydroxyl groups is 1. The second-order valence-electron chi connectivity index (χ2n) is 5.41. The molecule has 17 heavy (non-hydrogen) atoms. The highest BCUT2D eigenvalue weighted by Crippen LogP contribution is 2.53. The maximum atomic E-state index is 11.8. The van der Waals surface area contributed by atoms with Gasteiger partial charge in [0.15, 0.2) is 0 Å². The summed E-state index contributed by atoms with van der Waals surface area (Å²) in [6.07, 6.45) is 2.83. The van der Waals surface area contributed by atoms with Gasteiger partial charge in [-0.2, -0.15) is 0 Å². The van der Waals surface area contributed by atoms with Crippen LogP contribution in [0.5, 0.6) is 0 Å². The fourth-order valence-electron chi connectivity index (χ4n) is 3.87. The van der Waals surface area contributed by atoms with Crippen LogP contribution in [0.1, 0.15) is 49.3 Å². The topological polar surface area (TPSA) is 37.3 Å². The first-order chi connectivity index (χ1) is 8.20. The van der Waals surface area contributed by atoms with Gasteiger partial charge < -0.3 is 5.11 Å². The zero-order valence-corrected chi connectivity index (χ0v) is 10.1. The number of aliphatic hydroxyl groups excluding tert-OH is 1. The molecule has 2 nitrogen and oxygen atoms in total. The second kappa shape index (κ2) is 3.95. The Morgan fingerprint density at radius 3 is 2.65 bits per heavy atom. The zero-order valence-electron chi connectivity index (χ0n) is 10.1. The average molecular weight is 230 g/mol. The molecule has 4 atom stereocenters. The molecule has 0 heterocycles. The lowest BCUT2D eigenvalue weighted by Gasteiger charge is -2.38. The van der Waals surface area contributed by atoms with Gasteiger partial charge in [0.25, 0.3) is 0 Å². The monoisotopic (exact) mass is 230 g/mol. The average Bonchev–Trinajstić information content (AvgIpc) is 2.78. The summed E-state index contributed by atoms with van der Waals surface area (Å²) in [4.78, 5) is 11.8. The van der Waals surface area contributed by atoms with Crippen molar-refractivity contribution in [1.29, 1.82) is 0 Å². The van der Waals surface area contributed by atoms with Crippen molar-refractivity contribution in [3.8, 4) is 0 Å². The lowest BCUT2D eigenvalue weighted by Crippen LogP contribution is -2.34. The van der Waals surface area contributed by atoms with E-state index in [1.54, 1.807) is 6.92 Å². The number of ketones is 1. The molecule has 0 aliphatic heterocycles. The van der Waals surface area contributed by atoms with Crippen LogP contribution in [0, 0.1) is 11.8 Å². The number of rotatable bonds is 1. The Bertz CT molecular complexity index is 452. The normalized spacial score (nSPS) is 35.2. The fraction of sp³-hybridized carbons (Fsp3) is 0.533. The number of hydrogen-bond acceptors (Lipinski definition) is 2. The molecule has 1 N–H and O–H groups in total. The van der Waals surface area contributed by atoms with E-state index in [2.05, 4.69) is 6.07 Å². The van der Waals surface area contributed by atoms with Crippen LogP contribution in [0.25, 0.3) is 0 Å². The van der Waals surface area contributed by atoms with Gasteiger partial charge in [-0.05, 0) is 42.7 Å². The largest absolute Gasteiger partial charge is 0.388 e. The summed E-state index contributed by atoms with van der Waals surface area (Å²) in [5.74, 6) is 0.808. The van der Waals surface area contributed by atoms with Crippen LogP contribution in [-0.4, -0.2) is 10.9 Å². The maximum Gasteiger partial charge on any atom is 0.136 e. The van der Waals surface area contributed by atoms with Crippen molar-refractivity contribution in [2.75, 3.05) is 0 Å². The van der Waals surface area contributed by atoms with Gasteiger partial charge in [-0.1, -0.05) is 30.7 Å². The van der Waals surface area contributed by atoms with E-state index < -0.39 is 6.10 Å². The first-order valence-corrected chi connectivity index (χ1v) is 6.47. The van der Waals surface area contributed by atoms with Crippen LogP contribution in [-0.2, 0) is 4.79 Å². The van der Waals surface area contributed by atoms with E-state index in [-0.39, 0.29) is 11.7 Å². The van der Waals surface area contributed by atoms with Crippen molar-refractivity contribution >= 4 is 5.78 Å². The Hall–Kier alpha value is -1.15. The van der Waals surface area contributed by atoms with E-state index in [4.69, 9.17) is 0 Å². The molecule has 90 valence electrons. The molecule has 2 heteroatoms. The minimum Gasteiger partial charge on any atom is -0.388 e. The fourth-order valence-corrected chi connectivity index (χ4v) is 3.87. The van der Waals surface area contributed by atoms with E-state index in [1.165, 1.54) is 12.0 Å². The van der Waals surface area contributed by atoms with Crippen LogP contribution in [0.3, 0.4) is 0 Å². The second-order valence-corrected chi connectivity index (χ2v) is 5.41. The lowest BCUT2D eigenvalue weighted by atomic mass is 9.68. The van der Waals surface area contributed by atoms with E-state index in [0.717, 1.165) is 18.4 Å². The summed E-state index contributed by atoms with van der Waals surface area (Å²) >= 11 is 0. The highest BCUT2D eigenvalue weighted by Gasteiger charge is 2.45. The molecule has 1 fully saturated rings. The predicted octanol–water partition coefficient (Wildman–Crippen LogP) is 2.82. The molecular formula is C15H18O2.